The van der Waals surface area contributed by atoms with Gasteiger partial charge in [0, 0.05) is 23.3 Å². The second kappa shape index (κ2) is 11.1. The molecule has 0 aliphatic rings. The van der Waals surface area contributed by atoms with Crippen molar-refractivity contribution in [2.24, 2.45) is 0 Å². The highest BCUT2D eigenvalue weighted by Crippen LogP contribution is 2.27. The first-order chi connectivity index (χ1) is 16.2. The third-order valence-corrected chi connectivity index (χ3v) is 6.51. The van der Waals surface area contributed by atoms with Crippen LogP contribution in [0.25, 0.3) is 0 Å². The third-order valence-electron chi connectivity index (χ3n) is 4.78. The van der Waals surface area contributed by atoms with E-state index in [4.69, 9.17) is 16.3 Å². The molecule has 3 rings (SSSR count). The van der Waals surface area contributed by atoms with Gasteiger partial charge in [0.1, 0.15) is 16.7 Å². The first-order valence-electron chi connectivity index (χ1n) is 10.3. The SMILES string of the molecule is COc1ccc(Cl)cc1S(=O)(=O)N[C@@H](Cc1ccccc1)C(=O)Nc1ccc(NC(C)=O)cc1. The van der Waals surface area contributed by atoms with Crippen LogP contribution in [0.2, 0.25) is 5.02 Å². The Morgan fingerprint density at radius 1 is 0.941 bits per heavy atom. The van der Waals surface area contributed by atoms with Gasteiger partial charge in [-0.2, -0.15) is 4.72 Å². The Bertz CT molecular complexity index is 1270. The van der Waals surface area contributed by atoms with Crippen LogP contribution in [-0.2, 0) is 26.0 Å². The van der Waals surface area contributed by atoms with E-state index in [-0.39, 0.29) is 28.0 Å². The molecule has 3 N–H and O–H groups in total. The van der Waals surface area contributed by atoms with Crippen LogP contribution in [0, 0.1) is 0 Å². The van der Waals surface area contributed by atoms with Gasteiger partial charge in [-0.05, 0) is 54.4 Å². The summed E-state index contributed by atoms with van der Waals surface area (Å²) in [5.41, 5.74) is 1.78. The van der Waals surface area contributed by atoms with Gasteiger partial charge in [-0.15, -0.1) is 0 Å². The number of ether oxygens (including phenoxy) is 1. The van der Waals surface area contributed by atoms with E-state index >= 15 is 0 Å². The zero-order valence-corrected chi connectivity index (χ0v) is 20.1. The normalized spacial score (nSPS) is 12.0. The Morgan fingerprint density at radius 3 is 2.15 bits per heavy atom. The minimum Gasteiger partial charge on any atom is -0.495 e. The maximum absolute atomic E-state index is 13.2. The molecular formula is C24H24ClN3O5S. The standard InChI is InChI=1S/C24H24ClN3O5S/c1-16(29)26-19-9-11-20(12-10-19)27-24(30)21(14-17-6-4-3-5-7-17)28-34(31,32)23-15-18(25)8-13-22(23)33-2/h3-13,15,21,28H,14H2,1-2H3,(H,26,29)(H,27,30)/t21-/m0/s1. The van der Waals surface area contributed by atoms with Gasteiger partial charge < -0.3 is 15.4 Å². The van der Waals surface area contributed by atoms with Crippen LogP contribution in [0.3, 0.4) is 0 Å². The Morgan fingerprint density at radius 2 is 1.56 bits per heavy atom. The van der Waals surface area contributed by atoms with Crippen molar-refractivity contribution in [1.82, 2.24) is 4.72 Å². The Hall–Kier alpha value is -3.40. The minimum atomic E-state index is -4.17. The maximum Gasteiger partial charge on any atom is 0.245 e. The molecule has 8 nitrogen and oxygen atoms in total. The van der Waals surface area contributed by atoms with Crippen LogP contribution in [0.5, 0.6) is 5.75 Å². The van der Waals surface area contributed by atoms with Crippen LogP contribution in [0.4, 0.5) is 11.4 Å². The highest BCUT2D eigenvalue weighted by atomic mass is 35.5. The summed E-state index contributed by atoms with van der Waals surface area (Å²) in [7, 11) is -2.82. The summed E-state index contributed by atoms with van der Waals surface area (Å²) in [6.45, 7) is 1.39. The molecule has 1 atom stereocenters. The monoisotopic (exact) mass is 501 g/mol. The van der Waals surface area contributed by atoms with E-state index in [1.165, 1.54) is 32.2 Å². The molecule has 3 aromatic rings. The summed E-state index contributed by atoms with van der Waals surface area (Å²) in [6.07, 6.45) is 0.110. The van der Waals surface area contributed by atoms with Crippen molar-refractivity contribution in [3.63, 3.8) is 0 Å². The number of hydrogen-bond acceptors (Lipinski definition) is 5. The van der Waals surface area contributed by atoms with E-state index in [0.29, 0.717) is 11.4 Å². The molecule has 0 heterocycles. The number of carbonyl (C=O) groups excluding carboxylic acids is 2. The van der Waals surface area contributed by atoms with Crippen LogP contribution in [-0.4, -0.2) is 33.4 Å². The van der Waals surface area contributed by atoms with E-state index in [9.17, 15) is 18.0 Å². The number of benzene rings is 3. The zero-order valence-electron chi connectivity index (χ0n) is 18.5. The molecule has 0 saturated carbocycles. The third kappa shape index (κ3) is 6.80. The first kappa shape index (κ1) is 25.2. The van der Waals surface area contributed by atoms with Crippen molar-refractivity contribution in [2.75, 3.05) is 17.7 Å². The lowest BCUT2D eigenvalue weighted by atomic mass is 10.1. The summed E-state index contributed by atoms with van der Waals surface area (Å²) in [6, 6.07) is 18.6. The van der Waals surface area contributed by atoms with Gasteiger partial charge in [-0.1, -0.05) is 41.9 Å². The van der Waals surface area contributed by atoms with Gasteiger partial charge in [0.2, 0.25) is 21.8 Å². The number of sulfonamides is 1. The molecule has 0 fully saturated rings. The van der Waals surface area contributed by atoms with E-state index in [2.05, 4.69) is 15.4 Å². The number of halogens is 1. The minimum absolute atomic E-state index is 0.101. The lowest BCUT2D eigenvalue weighted by Gasteiger charge is -2.20. The molecule has 3 aromatic carbocycles. The average Bonchev–Trinajstić information content (AvgIpc) is 2.80. The second-order valence-corrected chi connectivity index (χ2v) is 9.53. The Balaban J connectivity index is 1.87. The molecule has 0 aromatic heterocycles. The molecule has 0 spiro atoms. The zero-order chi connectivity index (χ0) is 24.7. The Kier molecular flexibility index (Phi) is 8.27. The van der Waals surface area contributed by atoms with Crippen molar-refractivity contribution in [3.05, 3.63) is 83.4 Å². The van der Waals surface area contributed by atoms with Crippen LogP contribution in [0.1, 0.15) is 12.5 Å². The van der Waals surface area contributed by atoms with Gasteiger partial charge >= 0.3 is 0 Å². The van der Waals surface area contributed by atoms with Crippen molar-refractivity contribution < 1.29 is 22.7 Å². The van der Waals surface area contributed by atoms with Gasteiger partial charge in [0.15, 0.2) is 0 Å². The Labute approximate surface area is 203 Å². The highest BCUT2D eigenvalue weighted by Gasteiger charge is 2.28. The van der Waals surface area contributed by atoms with E-state index < -0.39 is 22.0 Å². The molecule has 178 valence electrons. The molecule has 0 saturated heterocycles. The number of rotatable bonds is 9. The second-order valence-electron chi connectivity index (χ2n) is 7.41. The number of carbonyl (C=O) groups is 2. The van der Waals surface area contributed by atoms with Crippen LogP contribution < -0.4 is 20.1 Å². The van der Waals surface area contributed by atoms with E-state index in [1.807, 2.05) is 6.07 Å². The number of amides is 2. The summed E-state index contributed by atoms with van der Waals surface area (Å²) in [5.74, 6) is -0.671. The molecule has 0 aliphatic carbocycles. The predicted octanol–water partition coefficient (Wildman–Crippen LogP) is 3.84. The molecule has 0 bridgehead atoms. The van der Waals surface area contributed by atoms with Gasteiger partial charge in [0.05, 0.1) is 7.11 Å². The smallest absolute Gasteiger partial charge is 0.245 e. The van der Waals surface area contributed by atoms with Crippen molar-refractivity contribution >= 4 is 44.8 Å². The van der Waals surface area contributed by atoms with Gasteiger partial charge in [-0.25, -0.2) is 8.42 Å². The number of anilines is 2. The van der Waals surface area contributed by atoms with E-state index in [0.717, 1.165) is 5.56 Å². The fraction of sp³-hybridized carbons (Fsp3) is 0.167. The topological polar surface area (TPSA) is 114 Å². The van der Waals surface area contributed by atoms with E-state index in [1.54, 1.807) is 48.5 Å². The number of nitrogens with one attached hydrogen (secondary N) is 3. The average molecular weight is 502 g/mol. The van der Waals surface area contributed by atoms with Crippen LogP contribution >= 0.6 is 11.6 Å². The molecule has 0 radical (unpaired) electrons. The quantitative estimate of drug-likeness (QED) is 0.412. The fourth-order valence-corrected chi connectivity index (χ4v) is 4.85. The predicted molar refractivity (Wildman–Crippen MR) is 132 cm³/mol. The summed E-state index contributed by atoms with van der Waals surface area (Å²) in [4.78, 5) is 24.2. The largest absolute Gasteiger partial charge is 0.495 e. The molecule has 34 heavy (non-hydrogen) atoms. The van der Waals surface area contributed by atoms with Crippen LogP contribution in [0.15, 0.2) is 77.7 Å². The number of hydrogen-bond donors (Lipinski definition) is 3. The van der Waals surface area contributed by atoms with Crippen molar-refractivity contribution in [1.29, 1.82) is 0 Å². The molecular weight excluding hydrogens is 478 g/mol. The molecule has 10 heteroatoms. The number of methoxy groups -OCH3 is 1. The molecule has 0 unspecified atom stereocenters. The summed E-state index contributed by atoms with van der Waals surface area (Å²) >= 11 is 6.01. The highest BCUT2D eigenvalue weighted by molar-refractivity contribution is 7.89. The van der Waals surface area contributed by atoms with Crippen molar-refractivity contribution in [3.8, 4) is 5.75 Å². The first-order valence-corrected chi connectivity index (χ1v) is 12.1. The maximum atomic E-state index is 13.2. The molecule has 0 aliphatic heterocycles. The summed E-state index contributed by atoms with van der Waals surface area (Å²) in [5, 5.41) is 5.57. The van der Waals surface area contributed by atoms with Gasteiger partial charge in [0.25, 0.3) is 0 Å². The lowest BCUT2D eigenvalue weighted by Crippen LogP contribution is -2.45. The fourth-order valence-electron chi connectivity index (χ4n) is 3.22. The summed E-state index contributed by atoms with van der Waals surface area (Å²) < 4.78 is 34.1. The lowest BCUT2D eigenvalue weighted by molar-refractivity contribution is -0.117. The van der Waals surface area contributed by atoms with Crippen molar-refractivity contribution in [2.45, 2.75) is 24.3 Å². The molecule has 2 amide bonds. The van der Waals surface area contributed by atoms with Gasteiger partial charge in [-0.3, -0.25) is 9.59 Å².